The van der Waals surface area contributed by atoms with Gasteiger partial charge in [-0.1, -0.05) is 29.8 Å². The standard InChI is InChI=1S/C14H23NO2/c1-13-6-5-7-14(10-13)11-15-12-17-9-4-2-3-8-16/h5-7,10,15-16H,2-4,8-9,11-12H2,1H3. The van der Waals surface area contributed by atoms with Gasteiger partial charge in [0, 0.05) is 19.8 Å². The second-order valence-corrected chi connectivity index (χ2v) is 4.25. The Morgan fingerprint density at radius 1 is 1.24 bits per heavy atom. The maximum atomic E-state index is 8.60. The molecule has 3 heteroatoms. The van der Waals surface area contributed by atoms with E-state index < -0.39 is 0 Å². The Balaban J connectivity index is 1.97. The number of ether oxygens (including phenoxy) is 1. The lowest BCUT2D eigenvalue weighted by Gasteiger charge is -2.07. The molecule has 17 heavy (non-hydrogen) atoms. The summed E-state index contributed by atoms with van der Waals surface area (Å²) in [4.78, 5) is 0. The second kappa shape index (κ2) is 9.16. The second-order valence-electron chi connectivity index (χ2n) is 4.25. The van der Waals surface area contributed by atoms with Gasteiger partial charge in [-0.05, 0) is 31.7 Å². The Bertz CT molecular complexity index is 302. The van der Waals surface area contributed by atoms with E-state index in [-0.39, 0.29) is 6.61 Å². The van der Waals surface area contributed by atoms with Gasteiger partial charge in [-0.15, -0.1) is 0 Å². The lowest BCUT2D eigenvalue weighted by molar-refractivity contribution is 0.110. The molecule has 0 aromatic heterocycles. The third-order valence-corrected chi connectivity index (χ3v) is 2.56. The molecule has 0 aliphatic carbocycles. The summed E-state index contributed by atoms with van der Waals surface area (Å²) in [5.74, 6) is 0. The third-order valence-electron chi connectivity index (χ3n) is 2.56. The zero-order valence-electron chi connectivity index (χ0n) is 10.6. The molecule has 0 aliphatic heterocycles. The van der Waals surface area contributed by atoms with Crippen molar-refractivity contribution in [2.45, 2.75) is 32.7 Å². The number of hydrogen-bond acceptors (Lipinski definition) is 3. The van der Waals surface area contributed by atoms with E-state index in [0.29, 0.717) is 6.73 Å². The number of rotatable bonds is 9. The molecule has 3 nitrogen and oxygen atoms in total. The fraction of sp³-hybridized carbons (Fsp3) is 0.571. The van der Waals surface area contributed by atoms with Crippen LogP contribution in [0.5, 0.6) is 0 Å². The summed E-state index contributed by atoms with van der Waals surface area (Å²) >= 11 is 0. The molecule has 0 heterocycles. The molecule has 2 N–H and O–H groups in total. The van der Waals surface area contributed by atoms with Crippen LogP contribution in [0.1, 0.15) is 30.4 Å². The van der Waals surface area contributed by atoms with Crippen molar-refractivity contribution >= 4 is 0 Å². The number of aliphatic hydroxyl groups is 1. The zero-order valence-corrected chi connectivity index (χ0v) is 10.6. The smallest absolute Gasteiger partial charge is 0.0967 e. The fourth-order valence-corrected chi connectivity index (χ4v) is 1.65. The Hall–Kier alpha value is -0.900. The molecular weight excluding hydrogens is 214 g/mol. The van der Waals surface area contributed by atoms with Crippen molar-refractivity contribution < 1.29 is 9.84 Å². The molecule has 0 aliphatic rings. The van der Waals surface area contributed by atoms with Crippen molar-refractivity contribution in [3.8, 4) is 0 Å². The molecule has 0 spiro atoms. The van der Waals surface area contributed by atoms with Gasteiger partial charge in [0.2, 0.25) is 0 Å². The van der Waals surface area contributed by atoms with Crippen LogP contribution in [-0.4, -0.2) is 25.1 Å². The topological polar surface area (TPSA) is 41.5 Å². The van der Waals surface area contributed by atoms with Crippen molar-refractivity contribution in [1.82, 2.24) is 5.32 Å². The SMILES string of the molecule is Cc1cccc(CNCOCCCCCO)c1. The minimum absolute atomic E-state index is 0.283. The van der Waals surface area contributed by atoms with Crippen LogP contribution in [0, 0.1) is 6.92 Å². The van der Waals surface area contributed by atoms with Crippen LogP contribution in [0.3, 0.4) is 0 Å². The van der Waals surface area contributed by atoms with E-state index in [1.165, 1.54) is 11.1 Å². The molecular formula is C14H23NO2. The minimum atomic E-state index is 0.283. The maximum Gasteiger partial charge on any atom is 0.0967 e. The van der Waals surface area contributed by atoms with Crippen LogP contribution in [0.15, 0.2) is 24.3 Å². The van der Waals surface area contributed by atoms with Gasteiger partial charge in [0.1, 0.15) is 0 Å². The van der Waals surface area contributed by atoms with E-state index in [4.69, 9.17) is 9.84 Å². The third kappa shape index (κ3) is 7.10. The number of benzene rings is 1. The number of hydrogen-bond donors (Lipinski definition) is 2. The van der Waals surface area contributed by atoms with Crippen LogP contribution in [0.2, 0.25) is 0 Å². The fourth-order valence-electron chi connectivity index (χ4n) is 1.65. The molecule has 0 amide bonds. The Morgan fingerprint density at radius 2 is 2.12 bits per heavy atom. The van der Waals surface area contributed by atoms with Gasteiger partial charge in [-0.25, -0.2) is 0 Å². The van der Waals surface area contributed by atoms with Gasteiger partial charge in [0.15, 0.2) is 0 Å². The minimum Gasteiger partial charge on any atom is -0.396 e. The Labute approximate surface area is 104 Å². The number of nitrogens with one attached hydrogen (secondary N) is 1. The van der Waals surface area contributed by atoms with Crippen LogP contribution in [-0.2, 0) is 11.3 Å². The normalized spacial score (nSPS) is 10.7. The lowest BCUT2D eigenvalue weighted by atomic mass is 10.1. The molecule has 0 unspecified atom stereocenters. The zero-order chi connectivity index (χ0) is 12.3. The molecule has 0 atom stereocenters. The first-order chi connectivity index (χ1) is 8.33. The number of aliphatic hydroxyl groups excluding tert-OH is 1. The van der Waals surface area contributed by atoms with Crippen molar-refractivity contribution in [1.29, 1.82) is 0 Å². The molecule has 0 fully saturated rings. The average Bonchev–Trinajstić information content (AvgIpc) is 2.33. The predicted octanol–water partition coefficient (Wildman–Crippen LogP) is 2.22. The van der Waals surface area contributed by atoms with E-state index in [1.807, 2.05) is 0 Å². The summed E-state index contributed by atoms with van der Waals surface area (Å²) in [7, 11) is 0. The molecule has 1 rings (SSSR count). The largest absolute Gasteiger partial charge is 0.396 e. The Morgan fingerprint density at radius 3 is 2.88 bits per heavy atom. The highest BCUT2D eigenvalue weighted by Crippen LogP contribution is 2.03. The van der Waals surface area contributed by atoms with Crippen LogP contribution < -0.4 is 5.32 Å². The van der Waals surface area contributed by atoms with Crippen LogP contribution >= 0.6 is 0 Å². The highest BCUT2D eigenvalue weighted by atomic mass is 16.5. The molecule has 96 valence electrons. The molecule has 0 saturated carbocycles. The van der Waals surface area contributed by atoms with Crippen LogP contribution in [0.25, 0.3) is 0 Å². The number of unbranched alkanes of at least 4 members (excludes halogenated alkanes) is 2. The summed E-state index contributed by atoms with van der Waals surface area (Å²) in [6.45, 7) is 4.58. The van der Waals surface area contributed by atoms with Gasteiger partial charge in [-0.3, -0.25) is 5.32 Å². The summed E-state index contributed by atoms with van der Waals surface area (Å²) < 4.78 is 5.44. The van der Waals surface area contributed by atoms with Gasteiger partial charge in [-0.2, -0.15) is 0 Å². The van der Waals surface area contributed by atoms with Gasteiger partial charge >= 0.3 is 0 Å². The highest BCUT2D eigenvalue weighted by molar-refractivity contribution is 5.21. The maximum absolute atomic E-state index is 8.60. The van der Waals surface area contributed by atoms with Crippen molar-refractivity contribution in [2.75, 3.05) is 19.9 Å². The first kappa shape index (κ1) is 14.2. The predicted molar refractivity (Wildman–Crippen MR) is 69.8 cm³/mol. The molecule has 1 aromatic rings. The molecule has 1 aromatic carbocycles. The first-order valence-electron chi connectivity index (χ1n) is 6.28. The van der Waals surface area contributed by atoms with Gasteiger partial charge < -0.3 is 9.84 Å². The monoisotopic (exact) mass is 237 g/mol. The summed E-state index contributed by atoms with van der Waals surface area (Å²) in [5.41, 5.74) is 2.57. The summed E-state index contributed by atoms with van der Waals surface area (Å²) in [6.07, 6.45) is 2.93. The van der Waals surface area contributed by atoms with E-state index >= 15 is 0 Å². The average molecular weight is 237 g/mol. The van der Waals surface area contributed by atoms with E-state index in [2.05, 4.69) is 36.5 Å². The highest BCUT2D eigenvalue weighted by Gasteiger charge is 1.93. The van der Waals surface area contributed by atoms with Gasteiger partial charge in [0.25, 0.3) is 0 Å². The Kier molecular flexibility index (Phi) is 7.63. The van der Waals surface area contributed by atoms with E-state index in [1.54, 1.807) is 0 Å². The molecule has 0 saturated heterocycles. The summed E-state index contributed by atoms with van der Waals surface area (Å²) in [5, 5.41) is 11.9. The lowest BCUT2D eigenvalue weighted by Crippen LogP contribution is -2.17. The van der Waals surface area contributed by atoms with Crippen molar-refractivity contribution in [2.24, 2.45) is 0 Å². The molecule has 0 radical (unpaired) electrons. The van der Waals surface area contributed by atoms with Crippen LogP contribution in [0.4, 0.5) is 0 Å². The number of aryl methyl sites for hydroxylation is 1. The van der Waals surface area contributed by atoms with E-state index in [9.17, 15) is 0 Å². The van der Waals surface area contributed by atoms with Crippen molar-refractivity contribution in [3.05, 3.63) is 35.4 Å². The molecule has 0 bridgehead atoms. The summed E-state index contributed by atoms with van der Waals surface area (Å²) in [6, 6.07) is 8.46. The van der Waals surface area contributed by atoms with Gasteiger partial charge in [0.05, 0.1) is 6.73 Å². The van der Waals surface area contributed by atoms with Crippen molar-refractivity contribution in [3.63, 3.8) is 0 Å². The van der Waals surface area contributed by atoms with E-state index in [0.717, 1.165) is 32.4 Å². The first-order valence-corrected chi connectivity index (χ1v) is 6.28. The quantitative estimate of drug-likeness (QED) is 0.511.